The lowest BCUT2D eigenvalue weighted by atomic mass is 9.61. The first-order valence-corrected chi connectivity index (χ1v) is 15.4. The number of unbranched alkanes of at least 4 members (excludes halogenated alkanes) is 2. The number of fused-ring (bicyclic) bond motifs is 2. The molecule has 218 valence electrons. The van der Waals surface area contributed by atoms with Gasteiger partial charge in [-0.05, 0) is 86.5 Å². The van der Waals surface area contributed by atoms with Gasteiger partial charge in [0, 0.05) is 0 Å². The lowest BCUT2D eigenvalue weighted by Crippen LogP contribution is -2.43. The van der Waals surface area contributed by atoms with Crippen LogP contribution in [0.1, 0.15) is 89.5 Å². The maximum Gasteiger partial charge on any atom is 0.325 e. The van der Waals surface area contributed by atoms with E-state index in [1.807, 2.05) is 30.3 Å². The van der Waals surface area contributed by atoms with Crippen LogP contribution in [0.2, 0.25) is 0 Å². The smallest absolute Gasteiger partial charge is 0.325 e. The molecule has 0 heterocycles. The van der Waals surface area contributed by atoms with Crippen LogP contribution in [0, 0.1) is 29.6 Å². The van der Waals surface area contributed by atoms with Crippen LogP contribution in [0.4, 0.5) is 0 Å². The van der Waals surface area contributed by atoms with E-state index in [4.69, 9.17) is 9.47 Å². The van der Waals surface area contributed by atoms with Gasteiger partial charge in [-0.2, -0.15) is 0 Å². The first kappa shape index (κ1) is 30.0. The van der Waals surface area contributed by atoms with Crippen molar-refractivity contribution in [2.24, 2.45) is 29.6 Å². The van der Waals surface area contributed by atoms with E-state index in [0.717, 1.165) is 63.4 Å². The van der Waals surface area contributed by atoms with Crippen LogP contribution in [0.15, 0.2) is 30.3 Å². The van der Waals surface area contributed by atoms with Crippen molar-refractivity contribution in [3.8, 4) is 0 Å². The first-order chi connectivity index (χ1) is 18.9. The van der Waals surface area contributed by atoms with Gasteiger partial charge in [-0.1, -0.05) is 62.9 Å². The Hall–Kier alpha value is -1.96. The molecule has 0 bridgehead atoms. The van der Waals surface area contributed by atoms with Crippen LogP contribution in [0.3, 0.4) is 0 Å². The molecule has 7 heteroatoms. The second-order valence-electron chi connectivity index (χ2n) is 12.2. The number of hydrogen-bond donors (Lipinski definition) is 3. The van der Waals surface area contributed by atoms with Gasteiger partial charge in [0.05, 0.1) is 18.3 Å². The van der Waals surface area contributed by atoms with Crippen molar-refractivity contribution in [1.29, 1.82) is 0 Å². The molecule has 1 aromatic rings. The summed E-state index contributed by atoms with van der Waals surface area (Å²) in [6.45, 7) is 2.16. The molecule has 39 heavy (non-hydrogen) atoms. The molecule has 4 rings (SSSR count). The molecular weight excluding hydrogens is 494 g/mol. The predicted molar refractivity (Wildman–Crippen MR) is 150 cm³/mol. The highest BCUT2D eigenvalue weighted by atomic mass is 16.5. The van der Waals surface area contributed by atoms with Crippen LogP contribution >= 0.6 is 0 Å². The zero-order valence-electron chi connectivity index (χ0n) is 23.6. The highest BCUT2D eigenvalue weighted by Crippen LogP contribution is 2.54. The Morgan fingerprint density at radius 2 is 1.82 bits per heavy atom. The fraction of sp³-hybridized carbons (Fsp3) is 0.750. The third kappa shape index (κ3) is 8.76. The Labute approximate surface area is 234 Å². The second kappa shape index (κ2) is 15.2. The van der Waals surface area contributed by atoms with Gasteiger partial charge in [0.2, 0.25) is 5.91 Å². The highest BCUT2D eigenvalue weighted by molar-refractivity contribution is 5.82. The normalized spacial score (nSPS) is 30.7. The average Bonchev–Trinajstić information content (AvgIpc) is 3.25. The topological polar surface area (TPSA) is 105 Å². The number of ether oxygens (including phenoxy) is 2. The van der Waals surface area contributed by atoms with Crippen LogP contribution < -0.4 is 5.32 Å². The summed E-state index contributed by atoms with van der Waals surface area (Å²) in [5.41, 5.74) is 0.906. The van der Waals surface area contributed by atoms with Crippen molar-refractivity contribution in [2.75, 3.05) is 13.2 Å². The Kier molecular flexibility index (Phi) is 11.7. The fourth-order valence-electron chi connectivity index (χ4n) is 7.55. The third-order valence-electron chi connectivity index (χ3n) is 9.57. The summed E-state index contributed by atoms with van der Waals surface area (Å²) in [4.78, 5) is 24.4. The van der Waals surface area contributed by atoms with Crippen molar-refractivity contribution < 1.29 is 29.3 Å². The molecule has 3 aliphatic rings. The lowest BCUT2D eigenvalue weighted by molar-refractivity contribution is -0.146. The molecule has 1 amide bonds. The summed E-state index contributed by atoms with van der Waals surface area (Å²) in [7, 11) is 0. The van der Waals surface area contributed by atoms with Crippen molar-refractivity contribution >= 4 is 11.9 Å². The highest BCUT2D eigenvalue weighted by Gasteiger charge is 2.50. The van der Waals surface area contributed by atoms with Crippen LogP contribution in [0.5, 0.6) is 0 Å². The second-order valence-corrected chi connectivity index (χ2v) is 12.2. The Morgan fingerprint density at radius 1 is 1.03 bits per heavy atom. The number of aliphatic hydroxyl groups is 2. The van der Waals surface area contributed by atoms with Crippen molar-refractivity contribution in [3.05, 3.63) is 35.9 Å². The van der Waals surface area contributed by atoms with Gasteiger partial charge in [0.15, 0.2) is 0 Å². The summed E-state index contributed by atoms with van der Waals surface area (Å²) < 4.78 is 11.4. The van der Waals surface area contributed by atoms with Gasteiger partial charge in [0.25, 0.3) is 0 Å². The summed E-state index contributed by atoms with van der Waals surface area (Å²) >= 11 is 0. The number of rotatable bonds is 14. The van der Waals surface area contributed by atoms with Crippen LogP contribution in [0.25, 0.3) is 0 Å². The van der Waals surface area contributed by atoms with Gasteiger partial charge in [-0.25, -0.2) is 0 Å². The van der Waals surface area contributed by atoms with E-state index in [0.29, 0.717) is 29.6 Å². The number of hydrogen-bond acceptors (Lipinski definition) is 6. The van der Waals surface area contributed by atoms with Crippen molar-refractivity contribution in [2.45, 2.75) is 109 Å². The van der Waals surface area contributed by atoms with Gasteiger partial charge in [-0.3, -0.25) is 9.59 Å². The average molecular weight is 544 g/mol. The summed E-state index contributed by atoms with van der Waals surface area (Å²) in [6, 6.07) is 9.45. The third-order valence-corrected chi connectivity index (χ3v) is 9.57. The number of aliphatic hydroxyl groups excluding tert-OH is 2. The number of benzene rings is 1. The zero-order valence-corrected chi connectivity index (χ0v) is 23.6. The van der Waals surface area contributed by atoms with Gasteiger partial charge < -0.3 is 25.0 Å². The molecule has 0 radical (unpaired) electrons. The maximum absolute atomic E-state index is 12.4. The Bertz CT molecular complexity index is 894. The number of amides is 1. The monoisotopic (exact) mass is 543 g/mol. The molecule has 0 spiro atoms. The molecule has 0 aromatic heterocycles. The van der Waals surface area contributed by atoms with Crippen LogP contribution in [-0.2, 0) is 25.7 Å². The largest absolute Gasteiger partial charge is 0.460 e. The molecule has 1 aromatic carbocycles. The molecule has 7 nitrogen and oxygen atoms in total. The molecule has 3 fully saturated rings. The molecule has 3 saturated carbocycles. The maximum atomic E-state index is 12.4. The first-order valence-electron chi connectivity index (χ1n) is 15.4. The van der Waals surface area contributed by atoms with E-state index in [9.17, 15) is 19.8 Å². The van der Waals surface area contributed by atoms with Gasteiger partial charge in [0.1, 0.15) is 19.8 Å². The summed E-state index contributed by atoms with van der Waals surface area (Å²) in [5, 5.41) is 24.0. The van der Waals surface area contributed by atoms with Gasteiger partial charge >= 0.3 is 5.97 Å². The SMILES string of the molecule is CCCCCC(O)CC[C@@H]1[C@H]2CC3CCCC(OCC(=O)NCC(=O)OCc4ccccc4)C3C[C@H]2C[C@H]1O. The number of carbonyl (C=O) groups excluding carboxylic acids is 2. The molecule has 3 N–H and O–H groups in total. The molecule has 3 aliphatic carbocycles. The van der Waals surface area contributed by atoms with Crippen molar-refractivity contribution in [1.82, 2.24) is 5.32 Å². The summed E-state index contributed by atoms with van der Waals surface area (Å²) in [5.74, 6) is 1.57. The minimum atomic E-state index is -0.467. The molecular formula is C32H49NO6. The lowest BCUT2D eigenvalue weighted by Gasteiger charge is -2.46. The van der Waals surface area contributed by atoms with E-state index >= 15 is 0 Å². The molecule has 0 saturated heterocycles. The quantitative estimate of drug-likeness (QED) is 0.231. The minimum Gasteiger partial charge on any atom is -0.460 e. The minimum absolute atomic E-state index is 0.0465. The Balaban J connectivity index is 1.19. The van der Waals surface area contributed by atoms with Crippen molar-refractivity contribution in [3.63, 3.8) is 0 Å². The van der Waals surface area contributed by atoms with Crippen LogP contribution in [-0.4, -0.2) is 53.6 Å². The standard InChI is InChI=1S/C32H49NO6/c1-2-3-5-12-25(34)14-15-26-27-16-23-11-8-13-30(28(23)17-24(27)18-29(26)35)38-21-31(36)33-19-32(37)39-20-22-9-6-4-7-10-22/h4,6-7,9-10,23-30,34-35H,2-3,5,8,11-21H2,1H3,(H,33,36)/t23?,24-,25?,26+,27-,28?,29+,30?/m0/s1. The fourth-order valence-corrected chi connectivity index (χ4v) is 7.55. The molecule has 4 unspecified atom stereocenters. The number of carbonyl (C=O) groups is 2. The Morgan fingerprint density at radius 3 is 2.62 bits per heavy atom. The van der Waals surface area contributed by atoms with E-state index in [1.165, 1.54) is 19.3 Å². The van der Waals surface area contributed by atoms with E-state index in [2.05, 4.69) is 12.2 Å². The van der Waals surface area contributed by atoms with Gasteiger partial charge in [-0.15, -0.1) is 0 Å². The van der Waals surface area contributed by atoms with E-state index < -0.39 is 5.97 Å². The molecule has 0 aliphatic heterocycles. The predicted octanol–water partition coefficient (Wildman–Crippen LogP) is 4.78. The number of nitrogens with one attached hydrogen (secondary N) is 1. The number of esters is 1. The molecule has 8 atom stereocenters. The van der Waals surface area contributed by atoms with E-state index in [1.54, 1.807) is 0 Å². The summed E-state index contributed by atoms with van der Waals surface area (Å²) in [6.07, 6.45) is 11.8. The zero-order chi connectivity index (χ0) is 27.6. The van der Waals surface area contributed by atoms with E-state index in [-0.39, 0.29) is 44.0 Å².